The Balaban J connectivity index is 1.50. The Labute approximate surface area is 167 Å². The minimum absolute atomic E-state index is 0.0506. The second-order valence-electron chi connectivity index (χ2n) is 6.69. The average molecular weight is 428 g/mol. The molecule has 0 spiro atoms. The van der Waals surface area contributed by atoms with Crippen molar-refractivity contribution in [2.75, 3.05) is 38.2 Å². The molecule has 5 nitrogen and oxygen atoms in total. The summed E-state index contributed by atoms with van der Waals surface area (Å²) in [6.45, 7) is 3.21. The fourth-order valence-corrected chi connectivity index (χ4v) is 4.20. The van der Waals surface area contributed by atoms with E-state index in [1.807, 2.05) is 41.3 Å². The number of nitrogens with zero attached hydrogens (tertiary/aromatic N) is 2. The first-order chi connectivity index (χ1) is 13.2. The van der Waals surface area contributed by atoms with Gasteiger partial charge in [0.1, 0.15) is 11.4 Å². The summed E-state index contributed by atoms with van der Waals surface area (Å²) in [4.78, 5) is 20.6. The maximum Gasteiger partial charge on any atom is 0.271 e. The number of hydrogen-bond donors (Lipinski definition) is 1. The molecule has 6 heteroatoms. The maximum absolute atomic E-state index is 13.1. The number of aromatic amines is 1. The number of aromatic nitrogens is 1. The molecule has 4 rings (SSSR count). The molecule has 0 atom stereocenters. The van der Waals surface area contributed by atoms with Crippen LogP contribution in [0.5, 0.6) is 5.75 Å². The molecule has 0 unspecified atom stereocenters. The molecule has 1 fully saturated rings. The summed E-state index contributed by atoms with van der Waals surface area (Å²) in [5.41, 5.74) is 2.77. The molecule has 1 amide bonds. The highest BCUT2D eigenvalue weighted by Gasteiger charge is 2.24. The molecule has 1 N–H and O–H groups in total. The van der Waals surface area contributed by atoms with Gasteiger partial charge in [-0.25, -0.2) is 0 Å². The summed E-state index contributed by atoms with van der Waals surface area (Å²) in [5, 5.41) is 1.04. The number of rotatable bonds is 3. The molecule has 0 bridgehead atoms. The number of methoxy groups -OCH3 is 1. The van der Waals surface area contributed by atoms with Crippen LogP contribution in [0.2, 0.25) is 0 Å². The van der Waals surface area contributed by atoms with Crippen LogP contribution in [-0.4, -0.2) is 49.1 Å². The van der Waals surface area contributed by atoms with E-state index in [-0.39, 0.29) is 5.91 Å². The molecule has 1 aliphatic heterocycles. The number of para-hydroxylation sites is 1. The number of amides is 1. The monoisotopic (exact) mass is 427 g/mol. The van der Waals surface area contributed by atoms with Gasteiger partial charge in [0.2, 0.25) is 0 Å². The van der Waals surface area contributed by atoms with Crippen LogP contribution in [0.25, 0.3) is 10.9 Å². The van der Waals surface area contributed by atoms with Crippen molar-refractivity contribution < 1.29 is 9.53 Å². The van der Waals surface area contributed by atoms with Gasteiger partial charge in [0.05, 0.1) is 11.6 Å². The number of nitrogens with one attached hydrogen (secondary N) is 1. The van der Waals surface area contributed by atoms with Gasteiger partial charge in [-0.15, -0.1) is 0 Å². The third-order valence-electron chi connectivity index (χ3n) is 5.08. The zero-order chi connectivity index (χ0) is 18.8. The molecule has 2 heterocycles. The molecule has 140 valence electrons. The molecule has 0 saturated carbocycles. The highest BCUT2D eigenvalue weighted by molar-refractivity contribution is 9.10. The highest BCUT2D eigenvalue weighted by Crippen LogP contribution is 2.29. The van der Waals surface area contributed by atoms with Crippen LogP contribution >= 0.6 is 15.9 Å². The van der Waals surface area contributed by atoms with Crippen LogP contribution < -0.4 is 9.64 Å². The molecule has 0 radical (unpaired) electrons. The first kappa shape index (κ1) is 17.9. The Bertz CT molecular complexity index is 952. The zero-order valence-corrected chi connectivity index (χ0v) is 16.8. The van der Waals surface area contributed by atoms with Crippen molar-refractivity contribution in [3.63, 3.8) is 0 Å². The Hall–Kier alpha value is -2.47. The summed E-state index contributed by atoms with van der Waals surface area (Å²) in [6.07, 6.45) is 0.940. The normalized spacial score (nSPS) is 15.0. The second kappa shape index (κ2) is 7.64. The van der Waals surface area contributed by atoms with E-state index in [9.17, 15) is 4.79 Å². The van der Waals surface area contributed by atoms with Crippen LogP contribution in [0.4, 0.5) is 5.69 Å². The fraction of sp³-hybridized carbons (Fsp3) is 0.286. The lowest BCUT2D eigenvalue weighted by atomic mass is 10.2. The Morgan fingerprint density at radius 2 is 1.81 bits per heavy atom. The topological polar surface area (TPSA) is 48.6 Å². The summed E-state index contributed by atoms with van der Waals surface area (Å²) in [5.74, 6) is 0.906. The average Bonchev–Trinajstić information content (AvgIpc) is 2.89. The number of carbonyl (C=O) groups excluding carboxylic acids is 1. The second-order valence-corrected chi connectivity index (χ2v) is 7.48. The van der Waals surface area contributed by atoms with Crippen molar-refractivity contribution in [1.82, 2.24) is 9.88 Å². The molecular weight excluding hydrogens is 406 g/mol. The van der Waals surface area contributed by atoms with E-state index < -0.39 is 0 Å². The quantitative estimate of drug-likeness (QED) is 0.677. The fourth-order valence-electron chi connectivity index (χ4n) is 3.58. The van der Waals surface area contributed by atoms with Gasteiger partial charge in [-0.05, 0) is 52.7 Å². The van der Waals surface area contributed by atoms with Crippen molar-refractivity contribution in [2.24, 2.45) is 0 Å². The number of ether oxygens (including phenoxy) is 1. The van der Waals surface area contributed by atoms with Gasteiger partial charge in [-0.2, -0.15) is 0 Å². The van der Waals surface area contributed by atoms with Crippen molar-refractivity contribution >= 4 is 38.4 Å². The van der Waals surface area contributed by atoms with E-state index in [2.05, 4.69) is 37.9 Å². The number of halogens is 1. The van der Waals surface area contributed by atoms with Gasteiger partial charge in [0.25, 0.3) is 5.91 Å². The third kappa shape index (κ3) is 3.54. The van der Waals surface area contributed by atoms with Crippen molar-refractivity contribution in [3.8, 4) is 5.75 Å². The standard InChI is InChI=1S/C21H22BrN3O2/c1-27-16-9-7-15(8-10-16)24-11-4-12-25(14-13-24)21(26)20-19(22)17-5-2-3-6-18(17)23-20/h2-3,5-10,23H,4,11-14H2,1H3. The zero-order valence-electron chi connectivity index (χ0n) is 15.2. The van der Waals surface area contributed by atoms with E-state index in [1.54, 1.807) is 7.11 Å². The van der Waals surface area contributed by atoms with Gasteiger partial charge in [0, 0.05) is 42.8 Å². The predicted octanol–water partition coefficient (Wildman–Crippen LogP) is 4.29. The molecule has 1 aromatic heterocycles. The molecular formula is C21H22BrN3O2. The number of anilines is 1. The largest absolute Gasteiger partial charge is 0.497 e. The lowest BCUT2D eigenvalue weighted by Crippen LogP contribution is -2.35. The van der Waals surface area contributed by atoms with Crippen molar-refractivity contribution in [2.45, 2.75) is 6.42 Å². The van der Waals surface area contributed by atoms with Crippen LogP contribution in [-0.2, 0) is 0 Å². The third-order valence-corrected chi connectivity index (χ3v) is 5.90. The minimum atomic E-state index is 0.0506. The number of H-pyrrole nitrogens is 1. The van der Waals surface area contributed by atoms with Crippen LogP contribution in [0, 0.1) is 0 Å². The molecule has 3 aromatic rings. The lowest BCUT2D eigenvalue weighted by molar-refractivity contribution is 0.0761. The molecule has 2 aromatic carbocycles. The van der Waals surface area contributed by atoms with Crippen LogP contribution in [0.1, 0.15) is 16.9 Å². The summed E-state index contributed by atoms with van der Waals surface area (Å²) < 4.78 is 6.08. The molecule has 27 heavy (non-hydrogen) atoms. The van der Waals surface area contributed by atoms with E-state index in [0.717, 1.165) is 52.9 Å². The lowest BCUT2D eigenvalue weighted by Gasteiger charge is -2.23. The molecule has 1 aliphatic rings. The number of hydrogen-bond acceptors (Lipinski definition) is 3. The van der Waals surface area contributed by atoms with Crippen LogP contribution in [0.3, 0.4) is 0 Å². The van der Waals surface area contributed by atoms with Crippen LogP contribution in [0.15, 0.2) is 53.0 Å². The predicted molar refractivity (Wildman–Crippen MR) is 112 cm³/mol. The van der Waals surface area contributed by atoms with E-state index >= 15 is 0 Å². The minimum Gasteiger partial charge on any atom is -0.497 e. The van der Waals surface area contributed by atoms with Gasteiger partial charge < -0.3 is 19.5 Å². The summed E-state index contributed by atoms with van der Waals surface area (Å²) in [6, 6.07) is 16.1. The van der Waals surface area contributed by atoms with Gasteiger partial charge in [-0.1, -0.05) is 18.2 Å². The highest BCUT2D eigenvalue weighted by atomic mass is 79.9. The van der Waals surface area contributed by atoms with Gasteiger partial charge >= 0.3 is 0 Å². The van der Waals surface area contributed by atoms with Gasteiger partial charge in [0.15, 0.2) is 0 Å². The van der Waals surface area contributed by atoms with E-state index in [4.69, 9.17) is 4.74 Å². The smallest absolute Gasteiger partial charge is 0.271 e. The summed E-state index contributed by atoms with van der Waals surface area (Å²) in [7, 11) is 1.67. The first-order valence-corrected chi connectivity index (χ1v) is 9.91. The Morgan fingerprint density at radius 3 is 2.56 bits per heavy atom. The van der Waals surface area contributed by atoms with Gasteiger partial charge in [-0.3, -0.25) is 4.79 Å². The van der Waals surface area contributed by atoms with Crippen molar-refractivity contribution in [1.29, 1.82) is 0 Å². The number of carbonyl (C=O) groups is 1. The summed E-state index contributed by atoms with van der Waals surface area (Å²) >= 11 is 3.60. The van der Waals surface area contributed by atoms with Crippen molar-refractivity contribution in [3.05, 3.63) is 58.7 Å². The SMILES string of the molecule is COc1ccc(N2CCCN(C(=O)c3[nH]c4ccccc4c3Br)CC2)cc1. The first-order valence-electron chi connectivity index (χ1n) is 9.12. The number of benzene rings is 2. The Morgan fingerprint density at radius 1 is 1.04 bits per heavy atom. The maximum atomic E-state index is 13.1. The number of fused-ring (bicyclic) bond motifs is 1. The molecule has 1 saturated heterocycles. The molecule has 0 aliphatic carbocycles. The Kier molecular flexibility index (Phi) is 5.07. The van der Waals surface area contributed by atoms with E-state index in [0.29, 0.717) is 12.2 Å². The van der Waals surface area contributed by atoms with E-state index in [1.165, 1.54) is 0 Å².